The minimum atomic E-state index is -0.0394. The van der Waals surface area contributed by atoms with Crippen molar-refractivity contribution >= 4 is 11.6 Å². The molecule has 16 heavy (non-hydrogen) atoms. The van der Waals surface area contributed by atoms with Crippen molar-refractivity contribution in [2.24, 2.45) is 11.8 Å². The van der Waals surface area contributed by atoms with Gasteiger partial charge in [0.15, 0.2) is 0 Å². The van der Waals surface area contributed by atoms with Gasteiger partial charge in [-0.15, -0.1) is 0 Å². The Morgan fingerprint density at radius 3 is 3.31 bits per heavy atom. The van der Waals surface area contributed by atoms with E-state index < -0.39 is 0 Å². The summed E-state index contributed by atoms with van der Waals surface area (Å²) in [6.45, 7) is 0.979. The van der Waals surface area contributed by atoms with Gasteiger partial charge >= 0.3 is 0 Å². The van der Waals surface area contributed by atoms with E-state index >= 15 is 0 Å². The van der Waals surface area contributed by atoms with Gasteiger partial charge in [0.1, 0.15) is 12.0 Å². The fourth-order valence-electron chi connectivity index (χ4n) is 2.96. The first-order chi connectivity index (χ1) is 7.84. The molecule has 3 unspecified atom stereocenters. The van der Waals surface area contributed by atoms with Crippen LogP contribution in [0.25, 0.3) is 0 Å². The van der Waals surface area contributed by atoms with Gasteiger partial charge in [0.05, 0.1) is 12.2 Å². The third kappa shape index (κ3) is 1.61. The Bertz CT molecular complexity index is 377. The number of aromatic nitrogens is 1. The van der Waals surface area contributed by atoms with E-state index in [2.05, 4.69) is 20.3 Å². The van der Waals surface area contributed by atoms with Crippen molar-refractivity contribution in [2.75, 3.05) is 11.9 Å². The highest BCUT2D eigenvalue weighted by atomic mass is 16.5. The number of rotatable bonds is 2. The smallest absolute Gasteiger partial charge is 0.241 e. The van der Waals surface area contributed by atoms with Crippen LogP contribution in [-0.2, 0) is 4.79 Å². The number of hydrogen-bond acceptors (Lipinski definition) is 4. The van der Waals surface area contributed by atoms with Gasteiger partial charge in [0.2, 0.25) is 5.91 Å². The lowest BCUT2D eigenvalue weighted by atomic mass is 9.93. The molecule has 5 nitrogen and oxygen atoms in total. The third-order valence-corrected chi connectivity index (χ3v) is 3.73. The number of fused-ring (bicyclic) bond motifs is 1. The molecule has 1 saturated heterocycles. The summed E-state index contributed by atoms with van der Waals surface area (Å²) >= 11 is 0. The van der Waals surface area contributed by atoms with E-state index in [1.807, 2.05) is 0 Å². The molecule has 1 saturated carbocycles. The zero-order chi connectivity index (χ0) is 11.0. The highest BCUT2D eigenvalue weighted by molar-refractivity contribution is 5.95. The second kappa shape index (κ2) is 3.90. The zero-order valence-corrected chi connectivity index (χ0v) is 8.98. The summed E-state index contributed by atoms with van der Waals surface area (Å²) in [5.41, 5.74) is 0.633. The Morgan fingerprint density at radius 1 is 1.56 bits per heavy atom. The molecule has 2 fully saturated rings. The summed E-state index contributed by atoms with van der Waals surface area (Å²) in [6.07, 6.45) is 6.64. The van der Waals surface area contributed by atoms with Gasteiger partial charge in [-0.3, -0.25) is 4.79 Å². The van der Waals surface area contributed by atoms with Crippen LogP contribution in [0, 0.1) is 11.8 Å². The van der Waals surface area contributed by atoms with Crippen molar-refractivity contribution in [3.8, 4) is 0 Å². The van der Waals surface area contributed by atoms with Gasteiger partial charge in [-0.25, -0.2) is 0 Å². The normalized spacial score (nSPS) is 32.6. The number of hydrogen-bond donors (Lipinski definition) is 2. The second-order valence-corrected chi connectivity index (χ2v) is 4.64. The van der Waals surface area contributed by atoms with Gasteiger partial charge in [0, 0.05) is 0 Å². The number of carbonyl (C=O) groups excluding carboxylic acids is 1. The van der Waals surface area contributed by atoms with Gasteiger partial charge in [-0.1, -0.05) is 11.6 Å². The van der Waals surface area contributed by atoms with E-state index in [9.17, 15) is 4.79 Å². The summed E-state index contributed by atoms with van der Waals surface area (Å²) in [5.74, 6) is 1.25. The van der Waals surface area contributed by atoms with Gasteiger partial charge in [-0.2, -0.15) is 0 Å². The van der Waals surface area contributed by atoms with Crippen LogP contribution in [0.4, 0.5) is 5.69 Å². The first kappa shape index (κ1) is 9.84. The van der Waals surface area contributed by atoms with Crippen LogP contribution in [0.3, 0.4) is 0 Å². The topological polar surface area (TPSA) is 67.2 Å². The van der Waals surface area contributed by atoms with E-state index in [-0.39, 0.29) is 11.9 Å². The molecule has 0 spiro atoms. The maximum atomic E-state index is 12.0. The largest absolute Gasteiger partial charge is 0.363 e. The summed E-state index contributed by atoms with van der Waals surface area (Å²) in [4.78, 5) is 12.0. The number of nitrogens with one attached hydrogen (secondary N) is 2. The molecule has 2 aliphatic rings. The van der Waals surface area contributed by atoms with E-state index in [1.54, 1.807) is 0 Å². The Hall–Kier alpha value is -1.36. The molecule has 3 atom stereocenters. The van der Waals surface area contributed by atoms with Crippen molar-refractivity contribution in [3.63, 3.8) is 0 Å². The fraction of sp³-hybridized carbons (Fsp3) is 0.636. The second-order valence-electron chi connectivity index (χ2n) is 4.64. The molecule has 2 heterocycles. The Morgan fingerprint density at radius 2 is 2.50 bits per heavy atom. The molecule has 2 N–H and O–H groups in total. The van der Waals surface area contributed by atoms with E-state index in [0.29, 0.717) is 17.5 Å². The lowest BCUT2D eigenvalue weighted by Crippen LogP contribution is -2.39. The molecule has 1 aliphatic heterocycles. The molecular formula is C11H15N3O2. The van der Waals surface area contributed by atoms with Gasteiger partial charge in [0.25, 0.3) is 0 Å². The Kier molecular flexibility index (Phi) is 2.40. The van der Waals surface area contributed by atoms with E-state index in [4.69, 9.17) is 0 Å². The lowest BCUT2D eigenvalue weighted by molar-refractivity contribution is -0.118. The highest BCUT2D eigenvalue weighted by Gasteiger charge is 2.42. The minimum Gasteiger partial charge on any atom is -0.363 e. The summed E-state index contributed by atoms with van der Waals surface area (Å²) in [6, 6.07) is -0.0394. The highest BCUT2D eigenvalue weighted by Crippen LogP contribution is 2.37. The molecule has 1 aromatic heterocycles. The monoisotopic (exact) mass is 221 g/mol. The van der Waals surface area contributed by atoms with Crippen molar-refractivity contribution in [1.82, 2.24) is 10.5 Å². The molecule has 1 aromatic rings. The van der Waals surface area contributed by atoms with Crippen LogP contribution in [-0.4, -0.2) is 23.7 Å². The molecular weight excluding hydrogens is 206 g/mol. The van der Waals surface area contributed by atoms with Crippen LogP contribution in [0.5, 0.6) is 0 Å². The zero-order valence-electron chi connectivity index (χ0n) is 8.98. The maximum Gasteiger partial charge on any atom is 0.241 e. The molecule has 1 amide bonds. The molecule has 5 heteroatoms. The maximum absolute atomic E-state index is 12.0. The van der Waals surface area contributed by atoms with Crippen molar-refractivity contribution < 1.29 is 9.32 Å². The van der Waals surface area contributed by atoms with Crippen LogP contribution in [0.15, 0.2) is 17.0 Å². The molecule has 3 rings (SSSR count). The lowest BCUT2D eigenvalue weighted by Gasteiger charge is -2.16. The van der Waals surface area contributed by atoms with Crippen molar-refractivity contribution in [3.05, 3.63) is 12.5 Å². The quantitative estimate of drug-likeness (QED) is 0.782. The van der Waals surface area contributed by atoms with Crippen LogP contribution in [0.2, 0.25) is 0 Å². The number of amides is 1. The average molecular weight is 221 g/mol. The fourth-order valence-corrected chi connectivity index (χ4v) is 2.96. The number of carbonyl (C=O) groups is 1. The predicted octanol–water partition coefficient (Wildman–Crippen LogP) is 1.00. The first-order valence-corrected chi connectivity index (χ1v) is 5.78. The standard InChI is InChI=1S/C11H15N3O2/c15-11(14-8-5-13-16-6-8)10-9-3-1-2-7(9)4-12-10/h5-7,9-10,12H,1-4H2,(H,14,15). The van der Waals surface area contributed by atoms with E-state index in [1.165, 1.54) is 31.7 Å². The third-order valence-electron chi connectivity index (χ3n) is 3.73. The molecule has 0 radical (unpaired) electrons. The molecule has 0 aromatic carbocycles. The predicted molar refractivity (Wildman–Crippen MR) is 57.8 cm³/mol. The van der Waals surface area contributed by atoms with Crippen LogP contribution >= 0.6 is 0 Å². The van der Waals surface area contributed by atoms with Crippen LogP contribution in [0.1, 0.15) is 19.3 Å². The SMILES string of the molecule is O=C(Nc1cnoc1)C1NCC2CCCC21. The van der Waals surface area contributed by atoms with Gasteiger partial charge < -0.3 is 15.2 Å². The summed E-state index contributed by atoms with van der Waals surface area (Å²) < 4.78 is 4.68. The average Bonchev–Trinajstić information content (AvgIpc) is 2.92. The molecule has 86 valence electrons. The van der Waals surface area contributed by atoms with Crippen molar-refractivity contribution in [1.29, 1.82) is 0 Å². The molecule has 0 bridgehead atoms. The number of anilines is 1. The van der Waals surface area contributed by atoms with Crippen LogP contribution < -0.4 is 10.6 Å². The van der Waals surface area contributed by atoms with E-state index in [0.717, 1.165) is 6.54 Å². The van der Waals surface area contributed by atoms with Gasteiger partial charge in [-0.05, 0) is 31.2 Å². The minimum absolute atomic E-state index is 0.0394. The summed E-state index contributed by atoms with van der Waals surface area (Å²) in [5, 5.41) is 9.68. The Labute approximate surface area is 93.6 Å². The molecule has 1 aliphatic carbocycles. The van der Waals surface area contributed by atoms with Crippen molar-refractivity contribution in [2.45, 2.75) is 25.3 Å². The number of nitrogens with zero attached hydrogens (tertiary/aromatic N) is 1. The first-order valence-electron chi connectivity index (χ1n) is 5.78. The Balaban J connectivity index is 1.67. The summed E-state index contributed by atoms with van der Waals surface area (Å²) in [7, 11) is 0.